The number of nitrogens with one attached hydrogen (secondary N) is 1. The van der Waals surface area contributed by atoms with Crippen molar-refractivity contribution in [3.05, 3.63) is 65.4 Å². The molecule has 0 saturated carbocycles. The maximum atomic E-state index is 12.7. The van der Waals surface area contributed by atoms with Gasteiger partial charge in [-0.1, -0.05) is 47.7 Å². The number of carbonyl (C=O) groups is 1. The number of fused-ring (bicyclic) bond motifs is 1. The highest BCUT2D eigenvalue weighted by Gasteiger charge is 2.34. The zero-order valence-corrected chi connectivity index (χ0v) is 14.4. The summed E-state index contributed by atoms with van der Waals surface area (Å²) in [5.41, 5.74) is 3.44. The number of aryl methyl sites for hydroxylation is 1. The number of rotatable bonds is 2. The number of thiocarbonyl (C=S) groups is 1. The second kappa shape index (κ2) is 5.81. The van der Waals surface area contributed by atoms with Gasteiger partial charge in [0.1, 0.15) is 5.70 Å². The predicted molar refractivity (Wildman–Crippen MR) is 102 cm³/mol. The summed E-state index contributed by atoms with van der Waals surface area (Å²) in [4.78, 5) is 18.7. The molecular formula is C18H13N3OS2. The van der Waals surface area contributed by atoms with Gasteiger partial charge in [-0.2, -0.15) is 0 Å². The summed E-state index contributed by atoms with van der Waals surface area (Å²) in [5, 5.41) is 3.94. The van der Waals surface area contributed by atoms with Crippen molar-refractivity contribution in [3.63, 3.8) is 0 Å². The van der Waals surface area contributed by atoms with Crippen molar-refractivity contribution >= 4 is 56.0 Å². The number of hydrogen-bond donors (Lipinski definition) is 1. The molecule has 1 aliphatic rings. The largest absolute Gasteiger partial charge is 0.327 e. The normalized spacial score (nSPS) is 16.2. The van der Waals surface area contributed by atoms with Crippen molar-refractivity contribution in [3.8, 4) is 0 Å². The molecule has 1 fully saturated rings. The van der Waals surface area contributed by atoms with Crippen molar-refractivity contribution in [2.75, 3.05) is 4.90 Å². The van der Waals surface area contributed by atoms with Crippen molar-refractivity contribution < 1.29 is 4.79 Å². The van der Waals surface area contributed by atoms with E-state index < -0.39 is 0 Å². The summed E-state index contributed by atoms with van der Waals surface area (Å²) in [5.74, 6) is -0.181. The van der Waals surface area contributed by atoms with Crippen LogP contribution in [0.3, 0.4) is 0 Å². The summed E-state index contributed by atoms with van der Waals surface area (Å²) >= 11 is 6.81. The topological polar surface area (TPSA) is 45.2 Å². The van der Waals surface area contributed by atoms with Crippen LogP contribution in [0.25, 0.3) is 16.3 Å². The SMILES string of the molecule is Cc1ccc2nc(N3C(=O)C(=Cc4ccccc4)NC3=S)sc2c1. The van der Waals surface area contributed by atoms with Crippen molar-refractivity contribution in [2.45, 2.75) is 6.92 Å². The van der Waals surface area contributed by atoms with Gasteiger partial charge in [0.25, 0.3) is 5.91 Å². The van der Waals surface area contributed by atoms with E-state index in [1.165, 1.54) is 16.2 Å². The van der Waals surface area contributed by atoms with Crippen LogP contribution < -0.4 is 10.2 Å². The van der Waals surface area contributed by atoms with Gasteiger partial charge in [0, 0.05) is 0 Å². The maximum absolute atomic E-state index is 12.7. The summed E-state index contributed by atoms with van der Waals surface area (Å²) in [6, 6.07) is 15.7. The lowest BCUT2D eigenvalue weighted by atomic mass is 10.2. The average Bonchev–Trinajstić information content (AvgIpc) is 3.08. The molecule has 1 aromatic heterocycles. The van der Waals surface area contributed by atoms with Crippen LogP contribution in [0.15, 0.2) is 54.2 Å². The molecule has 1 N–H and O–H groups in total. The Morgan fingerprint density at radius 2 is 2.00 bits per heavy atom. The fourth-order valence-electron chi connectivity index (χ4n) is 2.54. The number of carbonyl (C=O) groups excluding carboxylic acids is 1. The van der Waals surface area contributed by atoms with Gasteiger partial charge in [-0.15, -0.1) is 0 Å². The van der Waals surface area contributed by atoms with Gasteiger partial charge >= 0.3 is 0 Å². The molecule has 1 aliphatic heterocycles. The van der Waals surface area contributed by atoms with Gasteiger partial charge in [-0.05, 0) is 48.5 Å². The molecule has 0 unspecified atom stereocenters. The third-order valence-corrected chi connectivity index (χ3v) is 5.00. The van der Waals surface area contributed by atoms with Crippen LogP contribution in [-0.2, 0) is 4.79 Å². The van der Waals surface area contributed by atoms with Gasteiger partial charge in [0.15, 0.2) is 10.2 Å². The predicted octanol–water partition coefficient (Wildman–Crippen LogP) is 3.87. The Morgan fingerprint density at radius 1 is 1.21 bits per heavy atom. The first kappa shape index (κ1) is 15.0. The first-order chi connectivity index (χ1) is 11.6. The van der Waals surface area contributed by atoms with Crippen molar-refractivity contribution in [1.29, 1.82) is 0 Å². The third-order valence-electron chi connectivity index (χ3n) is 3.71. The van der Waals surface area contributed by atoms with Gasteiger partial charge in [0.2, 0.25) is 0 Å². The molecule has 6 heteroatoms. The number of aromatic nitrogens is 1. The lowest BCUT2D eigenvalue weighted by Gasteiger charge is -2.08. The van der Waals surface area contributed by atoms with Crippen LogP contribution in [0, 0.1) is 6.92 Å². The highest BCUT2D eigenvalue weighted by atomic mass is 32.1. The van der Waals surface area contributed by atoms with E-state index in [0.29, 0.717) is 15.9 Å². The minimum absolute atomic E-state index is 0.181. The van der Waals surface area contributed by atoms with Crippen molar-refractivity contribution in [2.24, 2.45) is 0 Å². The Morgan fingerprint density at radius 3 is 2.79 bits per heavy atom. The molecule has 3 aromatic rings. The van der Waals surface area contributed by atoms with E-state index in [9.17, 15) is 4.79 Å². The van der Waals surface area contributed by atoms with Crippen molar-refractivity contribution in [1.82, 2.24) is 10.3 Å². The van der Waals surface area contributed by atoms with E-state index in [-0.39, 0.29) is 5.91 Å². The molecule has 2 aromatic carbocycles. The van der Waals surface area contributed by atoms with Gasteiger partial charge < -0.3 is 5.32 Å². The van der Waals surface area contributed by atoms with Crippen LogP contribution in [0.1, 0.15) is 11.1 Å². The smallest absolute Gasteiger partial charge is 0.282 e. The third kappa shape index (κ3) is 2.60. The monoisotopic (exact) mass is 351 g/mol. The quantitative estimate of drug-likeness (QED) is 0.562. The fourth-order valence-corrected chi connectivity index (χ4v) is 3.95. The molecule has 0 atom stereocenters. The zero-order valence-electron chi connectivity index (χ0n) is 12.8. The van der Waals surface area contributed by atoms with E-state index in [1.54, 1.807) is 6.08 Å². The van der Waals surface area contributed by atoms with Crippen LogP contribution >= 0.6 is 23.6 Å². The van der Waals surface area contributed by atoms with Crippen LogP contribution in [0.2, 0.25) is 0 Å². The van der Waals surface area contributed by atoms with Gasteiger partial charge in [-0.3, -0.25) is 4.79 Å². The molecule has 118 valence electrons. The Kier molecular flexibility index (Phi) is 3.63. The summed E-state index contributed by atoms with van der Waals surface area (Å²) < 4.78 is 1.04. The van der Waals surface area contributed by atoms with Gasteiger partial charge in [0.05, 0.1) is 10.2 Å². The van der Waals surface area contributed by atoms with E-state index in [1.807, 2.05) is 49.4 Å². The number of anilines is 1. The molecule has 0 radical (unpaired) electrons. The van der Waals surface area contributed by atoms with Crippen LogP contribution in [-0.4, -0.2) is 16.0 Å². The molecule has 24 heavy (non-hydrogen) atoms. The highest BCUT2D eigenvalue weighted by Crippen LogP contribution is 2.32. The Labute approximate surface area is 148 Å². The minimum Gasteiger partial charge on any atom is -0.327 e. The number of nitrogens with zero attached hydrogens (tertiary/aromatic N) is 2. The van der Waals surface area contributed by atoms with Gasteiger partial charge in [-0.25, -0.2) is 9.88 Å². The molecule has 2 heterocycles. The summed E-state index contributed by atoms with van der Waals surface area (Å²) in [7, 11) is 0. The molecular weight excluding hydrogens is 338 g/mol. The van der Waals surface area contributed by atoms with E-state index >= 15 is 0 Å². The molecule has 4 nitrogen and oxygen atoms in total. The van der Waals surface area contributed by atoms with E-state index in [0.717, 1.165) is 21.3 Å². The van der Waals surface area contributed by atoms with E-state index in [4.69, 9.17) is 12.2 Å². The molecule has 0 aliphatic carbocycles. The average molecular weight is 351 g/mol. The van der Waals surface area contributed by atoms with E-state index in [2.05, 4.69) is 16.4 Å². The second-order valence-corrected chi connectivity index (χ2v) is 6.90. The second-order valence-electron chi connectivity index (χ2n) is 5.51. The number of benzene rings is 2. The lowest BCUT2D eigenvalue weighted by molar-refractivity contribution is -0.113. The first-order valence-corrected chi connectivity index (χ1v) is 8.64. The molecule has 0 bridgehead atoms. The Hall–Kier alpha value is -2.57. The molecule has 0 spiro atoms. The Bertz CT molecular complexity index is 992. The number of thiazole rings is 1. The number of amides is 1. The Balaban J connectivity index is 1.71. The maximum Gasteiger partial charge on any atom is 0.282 e. The fraction of sp³-hybridized carbons (Fsp3) is 0.0556. The standard InChI is InChI=1S/C18H13N3OS2/c1-11-7-8-13-15(9-11)24-18(20-13)21-16(22)14(19-17(21)23)10-12-5-3-2-4-6-12/h2-10H,1H3,(H,19,23). The highest BCUT2D eigenvalue weighted by molar-refractivity contribution is 7.80. The molecule has 1 saturated heterocycles. The summed E-state index contributed by atoms with van der Waals surface area (Å²) in [6.45, 7) is 2.03. The zero-order chi connectivity index (χ0) is 16.7. The minimum atomic E-state index is -0.181. The number of hydrogen-bond acceptors (Lipinski definition) is 4. The van der Waals surface area contributed by atoms with Crippen LogP contribution in [0.5, 0.6) is 0 Å². The lowest BCUT2D eigenvalue weighted by Crippen LogP contribution is -2.30. The first-order valence-electron chi connectivity index (χ1n) is 7.41. The molecule has 1 amide bonds. The molecule has 4 rings (SSSR count). The van der Waals surface area contributed by atoms with Crippen LogP contribution in [0.4, 0.5) is 5.13 Å². The summed E-state index contributed by atoms with van der Waals surface area (Å²) in [6.07, 6.45) is 1.80.